The molecule has 0 saturated carbocycles. The molecule has 0 atom stereocenters. The maximum absolute atomic E-state index is 12.2. The molecule has 0 unspecified atom stereocenters. The summed E-state index contributed by atoms with van der Waals surface area (Å²) in [6, 6.07) is 6.63. The van der Waals surface area contributed by atoms with Gasteiger partial charge in [-0.25, -0.2) is 4.98 Å². The summed E-state index contributed by atoms with van der Waals surface area (Å²) < 4.78 is 30.8. The Balaban J connectivity index is 1.94. The van der Waals surface area contributed by atoms with Crippen LogP contribution in [0.15, 0.2) is 36.7 Å². The van der Waals surface area contributed by atoms with Crippen LogP contribution in [0.5, 0.6) is 5.75 Å². The fraction of sp³-hybridized carbons (Fsp3) is 0.308. The van der Waals surface area contributed by atoms with Gasteiger partial charge in [-0.1, -0.05) is 12.1 Å². The lowest BCUT2D eigenvalue weighted by molar-refractivity contribution is -0.0493. The number of halogens is 2. The van der Waals surface area contributed by atoms with Crippen molar-refractivity contribution in [2.24, 2.45) is 7.05 Å². The van der Waals surface area contributed by atoms with E-state index in [-0.39, 0.29) is 5.75 Å². The van der Waals surface area contributed by atoms with E-state index in [0.717, 1.165) is 5.82 Å². The minimum atomic E-state index is -2.82. The maximum atomic E-state index is 12.2. The van der Waals surface area contributed by atoms with Crippen LogP contribution in [0.4, 0.5) is 14.5 Å². The number of para-hydroxylation sites is 2. The van der Waals surface area contributed by atoms with Crippen molar-refractivity contribution < 1.29 is 13.5 Å². The van der Waals surface area contributed by atoms with Crippen molar-refractivity contribution in [2.45, 2.75) is 13.0 Å². The summed E-state index contributed by atoms with van der Waals surface area (Å²) in [5.74, 6) is 1.08. The van der Waals surface area contributed by atoms with Gasteiger partial charge in [0.15, 0.2) is 0 Å². The second kappa shape index (κ2) is 6.17. The topological polar surface area (TPSA) is 39.1 Å². The average Bonchev–Trinajstić information content (AvgIpc) is 2.77. The van der Waals surface area contributed by atoms with Gasteiger partial charge in [0.2, 0.25) is 0 Å². The number of alkyl halides is 2. The van der Waals surface area contributed by atoms with Crippen molar-refractivity contribution >= 4 is 5.69 Å². The van der Waals surface area contributed by atoms with Crippen molar-refractivity contribution in [3.05, 3.63) is 42.5 Å². The lowest BCUT2D eigenvalue weighted by Gasteiger charge is -2.12. The minimum Gasteiger partial charge on any atom is -0.433 e. The zero-order chi connectivity index (χ0) is 13.7. The van der Waals surface area contributed by atoms with Crippen LogP contribution >= 0.6 is 0 Å². The molecule has 0 aliphatic carbocycles. The number of imidazole rings is 1. The molecule has 1 heterocycles. The Morgan fingerprint density at radius 3 is 2.84 bits per heavy atom. The van der Waals surface area contributed by atoms with Gasteiger partial charge >= 0.3 is 6.61 Å². The number of nitrogens with one attached hydrogen (secondary N) is 1. The second-order valence-electron chi connectivity index (χ2n) is 4.01. The van der Waals surface area contributed by atoms with Gasteiger partial charge in [0.25, 0.3) is 0 Å². The van der Waals surface area contributed by atoms with Crippen molar-refractivity contribution in [2.75, 3.05) is 11.9 Å². The Bertz CT molecular complexity index is 528. The van der Waals surface area contributed by atoms with Gasteiger partial charge in [0.1, 0.15) is 11.6 Å². The number of ether oxygens (including phenoxy) is 1. The molecular formula is C13H15F2N3O. The SMILES string of the molecule is Cn1ccnc1CCNc1ccccc1OC(F)F. The van der Waals surface area contributed by atoms with Crippen molar-refractivity contribution in [3.63, 3.8) is 0 Å². The van der Waals surface area contributed by atoms with Crippen LogP contribution in [0, 0.1) is 0 Å². The molecule has 1 aromatic heterocycles. The van der Waals surface area contributed by atoms with Crippen LogP contribution in [-0.4, -0.2) is 22.7 Å². The van der Waals surface area contributed by atoms with Gasteiger partial charge in [0, 0.05) is 32.4 Å². The van der Waals surface area contributed by atoms with Crippen LogP contribution < -0.4 is 10.1 Å². The van der Waals surface area contributed by atoms with E-state index < -0.39 is 6.61 Å². The Kier molecular flexibility index (Phi) is 4.33. The molecule has 0 bridgehead atoms. The van der Waals surface area contributed by atoms with Gasteiger partial charge in [0.05, 0.1) is 5.69 Å². The molecule has 0 aliphatic rings. The number of aryl methyl sites for hydroxylation is 1. The third-order valence-corrected chi connectivity index (χ3v) is 2.69. The first-order valence-corrected chi connectivity index (χ1v) is 5.90. The molecule has 2 rings (SSSR count). The molecule has 1 aromatic carbocycles. The second-order valence-corrected chi connectivity index (χ2v) is 4.01. The zero-order valence-electron chi connectivity index (χ0n) is 10.5. The maximum Gasteiger partial charge on any atom is 0.387 e. The third-order valence-electron chi connectivity index (χ3n) is 2.69. The van der Waals surface area contributed by atoms with Gasteiger partial charge in [-0.05, 0) is 12.1 Å². The molecule has 0 radical (unpaired) electrons. The van der Waals surface area contributed by atoms with Gasteiger partial charge in [-0.3, -0.25) is 0 Å². The molecule has 19 heavy (non-hydrogen) atoms. The van der Waals surface area contributed by atoms with Crippen LogP contribution in [0.3, 0.4) is 0 Å². The monoisotopic (exact) mass is 267 g/mol. The number of hydrogen-bond acceptors (Lipinski definition) is 3. The van der Waals surface area contributed by atoms with E-state index in [9.17, 15) is 8.78 Å². The Hall–Kier alpha value is -2.11. The number of benzene rings is 1. The quantitative estimate of drug-likeness (QED) is 0.874. The van der Waals surface area contributed by atoms with Gasteiger partial charge < -0.3 is 14.6 Å². The molecule has 6 heteroatoms. The molecule has 4 nitrogen and oxygen atoms in total. The summed E-state index contributed by atoms with van der Waals surface area (Å²) in [5, 5.41) is 3.07. The fourth-order valence-electron chi connectivity index (χ4n) is 1.76. The molecule has 102 valence electrons. The lowest BCUT2D eigenvalue weighted by atomic mass is 10.3. The van der Waals surface area contributed by atoms with Crippen molar-refractivity contribution in [1.82, 2.24) is 9.55 Å². The smallest absolute Gasteiger partial charge is 0.387 e. The summed E-state index contributed by atoms with van der Waals surface area (Å²) in [6.07, 6.45) is 4.29. The highest BCUT2D eigenvalue weighted by atomic mass is 19.3. The van der Waals surface area contributed by atoms with E-state index in [0.29, 0.717) is 18.7 Å². The summed E-state index contributed by atoms with van der Waals surface area (Å²) in [5.41, 5.74) is 0.553. The van der Waals surface area contributed by atoms with E-state index in [1.54, 1.807) is 24.4 Å². The van der Waals surface area contributed by atoms with E-state index >= 15 is 0 Å². The highest BCUT2D eigenvalue weighted by Crippen LogP contribution is 2.25. The van der Waals surface area contributed by atoms with Gasteiger partial charge in [-0.2, -0.15) is 8.78 Å². The Morgan fingerprint density at radius 2 is 2.16 bits per heavy atom. The summed E-state index contributed by atoms with van der Waals surface area (Å²) in [7, 11) is 1.91. The molecule has 0 amide bonds. The molecular weight excluding hydrogens is 252 g/mol. The summed E-state index contributed by atoms with van der Waals surface area (Å²) in [6.45, 7) is -2.23. The normalized spacial score (nSPS) is 10.7. The molecule has 1 N–H and O–H groups in total. The Labute approximate surface area is 110 Å². The first kappa shape index (κ1) is 13.3. The third kappa shape index (κ3) is 3.67. The molecule has 0 saturated heterocycles. The molecule has 0 aliphatic heterocycles. The van der Waals surface area contributed by atoms with Gasteiger partial charge in [-0.15, -0.1) is 0 Å². The number of aromatic nitrogens is 2. The molecule has 0 fully saturated rings. The number of hydrogen-bond donors (Lipinski definition) is 1. The van der Waals surface area contributed by atoms with E-state index in [1.165, 1.54) is 6.07 Å². The van der Waals surface area contributed by atoms with Crippen molar-refractivity contribution in [1.29, 1.82) is 0 Å². The zero-order valence-corrected chi connectivity index (χ0v) is 10.5. The predicted octanol–water partition coefficient (Wildman–Crippen LogP) is 2.68. The van der Waals surface area contributed by atoms with Crippen LogP contribution in [0.25, 0.3) is 0 Å². The first-order valence-electron chi connectivity index (χ1n) is 5.90. The van der Waals surface area contributed by atoms with Crippen LogP contribution in [-0.2, 0) is 13.5 Å². The molecule has 2 aromatic rings. The highest BCUT2D eigenvalue weighted by Gasteiger charge is 2.08. The largest absolute Gasteiger partial charge is 0.433 e. The standard InChI is InChI=1S/C13H15F2N3O/c1-18-9-8-17-12(18)6-7-16-10-4-2-3-5-11(10)19-13(14)15/h2-5,8-9,13,16H,6-7H2,1H3. The lowest BCUT2D eigenvalue weighted by Crippen LogP contribution is -2.10. The van der Waals surface area contributed by atoms with E-state index in [4.69, 9.17) is 0 Å². The minimum absolute atomic E-state index is 0.150. The van der Waals surface area contributed by atoms with Crippen LogP contribution in [0.1, 0.15) is 5.82 Å². The first-order chi connectivity index (χ1) is 9.16. The van der Waals surface area contributed by atoms with Crippen molar-refractivity contribution in [3.8, 4) is 5.75 Å². The number of rotatable bonds is 6. The Morgan fingerprint density at radius 1 is 1.37 bits per heavy atom. The summed E-state index contributed by atoms with van der Waals surface area (Å²) >= 11 is 0. The average molecular weight is 267 g/mol. The summed E-state index contributed by atoms with van der Waals surface area (Å²) in [4.78, 5) is 4.19. The number of nitrogens with zero attached hydrogens (tertiary/aromatic N) is 2. The molecule has 0 spiro atoms. The van der Waals surface area contributed by atoms with E-state index in [2.05, 4.69) is 15.0 Å². The fourth-order valence-corrected chi connectivity index (χ4v) is 1.76. The highest BCUT2D eigenvalue weighted by molar-refractivity contribution is 5.56. The predicted molar refractivity (Wildman–Crippen MR) is 68.5 cm³/mol. The number of anilines is 1. The van der Waals surface area contributed by atoms with Crippen LogP contribution in [0.2, 0.25) is 0 Å². The van der Waals surface area contributed by atoms with E-state index in [1.807, 2.05) is 17.8 Å².